The predicted molar refractivity (Wildman–Crippen MR) is 61.4 cm³/mol. The maximum absolute atomic E-state index is 6.17. The molecule has 0 spiro atoms. The number of hydrogen-bond donors (Lipinski definition) is 1. The molecule has 2 atom stereocenters. The van der Waals surface area contributed by atoms with Gasteiger partial charge in [0, 0.05) is 23.7 Å². The molecule has 0 radical (unpaired) electrons. The third-order valence-electron chi connectivity index (χ3n) is 2.66. The summed E-state index contributed by atoms with van der Waals surface area (Å²) in [4.78, 5) is 4.00. The molecule has 0 amide bonds. The monoisotopic (exact) mass is 208 g/mol. The number of thioether (sulfide) groups is 1. The number of aromatic nitrogens is 1. The summed E-state index contributed by atoms with van der Waals surface area (Å²) < 4.78 is 0. The number of pyridine rings is 1. The van der Waals surface area contributed by atoms with Crippen LogP contribution < -0.4 is 5.73 Å². The van der Waals surface area contributed by atoms with Gasteiger partial charge in [-0.2, -0.15) is 11.8 Å². The van der Waals surface area contributed by atoms with E-state index in [2.05, 4.69) is 17.1 Å². The zero-order chi connectivity index (χ0) is 9.80. The molecule has 1 aliphatic rings. The smallest absolute Gasteiger partial charge is 0.0270 e. The van der Waals surface area contributed by atoms with E-state index in [1.54, 1.807) is 0 Å². The summed E-state index contributed by atoms with van der Waals surface area (Å²) in [6, 6.07) is 4.42. The van der Waals surface area contributed by atoms with Crippen molar-refractivity contribution in [2.75, 3.05) is 5.75 Å². The van der Waals surface area contributed by atoms with Crippen LogP contribution in [0.1, 0.15) is 18.4 Å². The first-order valence-electron chi connectivity index (χ1n) is 5.12. The molecule has 1 aromatic rings. The van der Waals surface area contributed by atoms with E-state index in [9.17, 15) is 0 Å². The third kappa shape index (κ3) is 2.49. The van der Waals surface area contributed by atoms with Gasteiger partial charge in [-0.15, -0.1) is 0 Å². The highest BCUT2D eigenvalue weighted by atomic mass is 32.2. The van der Waals surface area contributed by atoms with Crippen LogP contribution in [0, 0.1) is 0 Å². The molecule has 2 nitrogen and oxygen atoms in total. The molecule has 0 bridgehead atoms. The quantitative estimate of drug-likeness (QED) is 0.824. The van der Waals surface area contributed by atoms with E-state index < -0.39 is 0 Å². The molecule has 1 fully saturated rings. The minimum absolute atomic E-state index is 0.310. The third-order valence-corrected chi connectivity index (χ3v) is 4.20. The number of hydrogen-bond acceptors (Lipinski definition) is 3. The van der Waals surface area contributed by atoms with Crippen molar-refractivity contribution in [2.24, 2.45) is 5.73 Å². The summed E-state index contributed by atoms with van der Waals surface area (Å²) in [7, 11) is 0. The van der Waals surface area contributed by atoms with Gasteiger partial charge < -0.3 is 5.73 Å². The fourth-order valence-corrected chi connectivity index (χ4v) is 3.18. The summed E-state index contributed by atoms with van der Waals surface area (Å²) in [5, 5.41) is 0.670. The predicted octanol–water partition coefficient (Wildman–Crippen LogP) is 1.85. The molecule has 0 saturated carbocycles. The lowest BCUT2D eigenvalue weighted by Gasteiger charge is -2.17. The van der Waals surface area contributed by atoms with Gasteiger partial charge in [0.1, 0.15) is 0 Å². The second kappa shape index (κ2) is 4.80. The fourth-order valence-electron chi connectivity index (χ4n) is 1.86. The SMILES string of the molecule is NC(Cc1ccncc1)C1CCCS1. The van der Waals surface area contributed by atoms with Crippen LogP contribution >= 0.6 is 11.8 Å². The molecule has 2 heterocycles. The Labute approximate surface area is 89.3 Å². The van der Waals surface area contributed by atoms with Crippen LogP contribution in [0.4, 0.5) is 0 Å². The molecule has 2 unspecified atom stereocenters. The lowest BCUT2D eigenvalue weighted by molar-refractivity contribution is 0.609. The molecule has 76 valence electrons. The van der Waals surface area contributed by atoms with Crippen molar-refractivity contribution in [3.8, 4) is 0 Å². The number of nitrogens with two attached hydrogens (primary N) is 1. The molecule has 2 rings (SSSR count). The lowest BCUT2D eigenvalue weighted by Crippen LogP contribution is -2.33. The van der Waals surface area contributed by atoms with Crippen LogP contribution in [0.25, 0.3) is 0 Å². The van der Waals surface area contributed by atoms with E-state index in [0.717, 1.165) is 6.42 Å². The van der Waals surface area contributed by atoms with Crippen LogP contribution in [0.5, 0.6) is 0 Å². The topological polar surface area (TPSA) is 38.9 Å². The first kappa shape index (κ1) is 9.99. The summed E-state index contributed by atoms with van der Waals surface area (Å²) in [6.07, 6.45) is 7.28. The summed E-state index contributed by atoms with van der Waals surface area (Å²) >= 11 is 2.03. The van der Waals surface area contributed by atoms with Gasteiger partial charge in [0.15, 0.2) is 0 Å². The Kier molecular flexibility index (Phi) is 3.43. The van der Waals surface area contributed by atoms with Gasteiger partial charge in [0.25, 0.3) is 0 Å². The fraction of sp³-hybridized carbons (Fsp3) is 0.545. The van der Waals surface area contributed by atoms with Gasteiger partial charge in [-0.25, -0.2) is 0 Å². The summed E-state index contributed by atoms with van der Waals surface area (Å²) in [6.45, 7) is 0. The molecular formula is C11H16N2S. The van der Waals surface area contributed by atoms with Gasteiger partial charge in [-0.1, -0.05) is 0 Å². The second-order valence-corrected chi connectivity index (χ2v) is 5.12. The summed E-state index contributed by atoms with van der Waals surface area (Å²) in [5.41, 5.74) is 7.48. The first-order valence-corrected chi connectivity index (χ1v) is 6.17. The number of rotatable bonds is 3. The Hall–Kier alpha value is -0.540. The highest BCUT2D eigenvalue weighted by Gasteiger charge is 2.22. The highest BCUT2D eigenvalue weighted by molar-refractivity contribution is 8.00. The highest BCUT2D eigenvalue weighted by Crippen LogP contribution is 2.29. The van der Waals surface area contributed by atoms with Crippen LogP contribution in [0.3, 0.4) is 0 Å². The molecule has 1 aliphatic heterocycles. The van der Waals surface area contributed by atoms with Crippen molar-refractivity contribution >= 4 is 11.8 Å². The van der Waals surface area contributed by atoms with Crippen molar-refractivity contribution in [3.63, 3.8) is 0 Å². The second-order valence-electron chi connectivity index (χ2n) is 3.77. The van der Waals surface area contributed by atoms with Gasteiger partial charge in [-0.3, -0.25) is 4.98 Å². The van der Waals surface area contributed by atoms with Crippen molar-refractivity contribution < 1.29 is 0 Å². The van der Waals surface area contributed by atoms with Crippen LogP contribution in [0.15, 0.2) is 24.5 Å². The van der Waals surface area contributed by atoms with Crippen LogP contribution in [-0.2, 0) is 6.42 Å². The van der Waals surface area contributed by atoms with E-state index in [-0.39, 0.29) is 0 Å². The minimum atomic E-state index is 0.310. The maximum atomic E-state index is 6.17. The van der Waals surface area contributed by atoms with Crippen LogP contribution in [-0.4, -0.2) is 22.0 Å². The first-order chi connectivity index (χ1) is 6.86. The largest absolute Gasteiger partial charge is 0.326 e. The standard InChI is InChI=1S/C11H16N2S/c12-10(11-2-1-7-14-11)8-9-3-5-13-6-4-9/h3-6,10-11H,1-2,7-8,12H2. The zero-order valence-electron chi connectivity index (χ0n) is 8.23. The Bertz CT molecular complexity index is 270. The number of nitrogens with zero attached hydrogens (tertiary/aromatic N) is 1. The minimum Gasteiger partial charge on any atom is -0.326 e. The van der Waals surface area contributed by atoms with Gasteiger partial charge in [-0.05, 0) is 42.7 Å². The van der Waals surface area contributed by atoms with Crippen molar-refractivity contribution in [2.45, 2.75) is 30.6 Å². The molecule has 14 heavy (non-hydrogen) atoms. The van der Waals surface area contributed by atoms with E-state index in [0.29, 0.717) is 11.3 Å². The van der Waals surface area contributed by atoms with Gasteiger partial charge >= 0.3 is 0 Å². The average molecular weight is 208 g/mol. The van der Waals surface area contributed by atoms with E-state index in [1.165, 1.54) is 24.2 Å². The molecule has 2 N–H and O–H groups in total. The molecule has 1 aromatic heterocycles. The van der Waals surface area contributed by atoms with E-state index >= 15 is 0 Å². The van der Waals surface area contributed by atoms with Gasteiger partial charge in [0.05, 0.1) is 0 Å². The van der Waals surface area contributed by atoms with Crippen molar-refractivity contribution in [3.05, 3.63) is 30.1 Å². The Morgan fingerprint density at radius 1 is 1.50 bits per heavy atom. The van der Waals surface area contributed by atoms with Crippen molar-refractivity contribution in [1.29, 1.82) is 0 Å². The zero-order valence-corrected chi connectivity index (χ0v) is 9.04. The normalized spacial score (nSPS) is 23.6. The molecular weight excluding hydrogens is 192 g/mol. The van der Waals surface area contributed by atoms with E-state index in [1.807, 2.05) is 24.2 Å². The molecule has 0 aromatic carbocycles. The molecule has 1 saturated heterocycles. The molecule has 0 aliphatic carbocycles. The lowest BCUT2D eigenvalue weighted by atomic mass is 10.0. The van der Waals surface area contributed by atoms with Crippen molar-refractivity contribution in [1.82, 2.24) is 4.98 Å². The van der Waals surface area contributed by atoms with Crippen LogP contribution in [0.2, 0.25) is 0 Å². The Balaban J connectivity index is 1.90. The van der Waals surface area contributed by atoms with E-state index in [4.69, 9.17) is 5.73 Å². The maximum Gasteiger partial charge on any atom is 0.0270 e. The van der Waals surface area contributed by atoms with Gasteiger partial charge in [0.2, 0.25) is 0 Å². The summed E-state index contributed by atoms with van der Waals surface area (Å²) in [5.74, 6) is 1.29. The Morgan fingerprint density at radius 3 is 2.93 bits per heavy atom. The average Bonchev–Trinajstić information content (AvgIpc) is 2.72. The molecule has 3 heteroatoms. The Morgan fingerprint density at radius 2 is 2.29 bits per heavy atom.